The van der Waals surface area contributed by atoms with Gasteiger partial charge in [-0.05, 0) is 58.2 Å². The van der Waals surface area contributed by atoms with Crippen molar-refractivity contribution in [1.82, 2.24) is 14.1 Å². The van der Waals surface area contributed by atoms with Crippen LogP contribution in [-0.2, 0) is 14.8 Å². The molecule has 0 spiro atoms. The number of amides is 1. The first-order chi connectivity index (χ1) is 13.2. The maximum Gasteiger partial charge on any atom is 0.243 e. The number of sulfonamides is 1. The lowest BCUT2D eigenvalue weighted by molar-refractivity contribution is -0.143. The van der Waals surface area contributed by atoms with Crippen LogP contribution in [-0.4, -0.2) is 72.7 Å². The van der Waals surface area contributed by atoms with Crippen LogP contribution >= 0.6 is 11.6 Å². The molecule has 1 aromatic carbocycles. The number of halogens is 1. The average Bonchev–Trinajstić information content (AvgIpc) is 2.67. The van der Waals surface area contributed by atoms with Crippen molar-refractivity contribution in [1.29, 1.82) is 0 Å². The Morgan fingerprint density at radius 3 is 2.29 bits per heavy atom. The van der Waals surface area contributed by atoms with Crippen LogP contribution in [0.5, 0.6) is 0 Å². The van der Waals surface area contributed by atoms with E-state index in [1.807, 2.05) is 11.8 Å². The van der Waals surface area contributed by atoms with Crippen LogP contribution in [0.3, 0.4) is 0 Å². The van der Waals surface area contributed by atoms with E-state index in [9.17, 15) is 13.2 Å². The van der Waals surface area contributed by atoms with Crippen molar-refractivity contribution in [2.75, 3.05) is 26.2 Å². The van der Waals surface area contributed by atoms with E-state index in [4.69, 9.17) is 11.6 Å². The number of benzene rings is 1. The second-order valence-electron chi connectivity index (χ2n) is 7.95. The van der Waals surface area contributed by atoms with Crippen LogP contribution in [0.15, 0.2) is 29.2 Å². The van der Waals surface area contributed by atoms with Gasteiger partial charge < -0.3 is 4.90 Å². The summed E-state index contributed by atoms with van der Waals surface area (Å²) in [7, 11) is -3.57. The van der Waals surface area contributed by atoms with E-state index in [1.54, 1.807) is 18.2 Å². The first-order valence-corrected chi connectivity index (χ1v) is 11.9. The summed E-state index contributed by atoms with van der Waals surface area (Å²) in [6.45, 7) is 8.02. The molecule has 0 bridgehead atoms. The van der Waals surface area contributed by atoms with Gasteiger partial charge in [-0.1, -0.05) is 17.7 Å². The zero-order chi connectivity index (χ0) is 20.5. The molecular formula is C20H30ClN3O3S. The average molecular weight is 428 g/mol. The largest absolute Gasteiger partial charge is 0.336 e. The van der Waals surface area contributed by atoms with Crippen LogP contribution in [0.25, 0.3) is 0 Å². The highest BCUT2D eigenvalue weighted by atomic mass is 35.5. The van der Waals surface area contributed by atoms with Crippen molar-refractivity contribution in [3.63, 3.8) is 0 Å². The first-order valence-electron chi connectivity index (χ1n) is 10.0. The van der Waals surface area contributed by atoms with Gasteiger partial charge in [-0.25, -0.2) is 8.42 Å². The molecule has 0 aromatic heterocycles. The van der Waals surface area contributed by atoms with Crippen molar-refractivity contribution in [3.8, 4) is 0 Å². The van der Waals surface area contributed by atoms with E-state index in [-0.39, 0.29) is 28.9 Å². The van der Waals surface area contributed by atoms with Crippen LogP contribution in [0.2, 0.25) is 5.02 Å². The van der Waals surface area contributed by atoms with Gasteiger partial charge in [-0.2, -0.15) is 4.31 Å². The lowest BCUT2D eigenvalue weighted by Crippen LogP contribution is -2.58. The topological polar surface area (TPSA) is 60.9 Å². The smallest absolute Gasteiger partial charge is 0.243 e. The fraction of sp³-hybridized carbons (Fsp3) is 0.650. The third kappa shape index (κ3) is 4.37. The zero-order valence-electron chi connectivity index (χ0n) is 16.8. The number of piperazine rings is 1. The Balaban J connectivity index is 1.64. The molecule has 3 rings (SSSR count). The molecule has 2 aliphatic heterocycles. The summed E-state index contributed by atoms with van der Waals surface area (Å²) >= 11 is 5.95. The maximum absolute atomic E-state index is 13.1. The number of hydrogen-bond donors (Lipinski definition) is 0. The van der Waals surface area contributed by atoms with Crippen molar-refractivity contribution in [2.45, 2.75) is 63.1 Å². The highest BCUT2D eigenvalue weighted by Crippen LogP contribution is 2.25. The summed E-state index contributed by atoms with van der Waals surface area (Å²) in [5, 5.41) is 0.406. The number of piperidine rings is 1. The molecule has 0 unspecified atom stereocenters. The van der Waals surface area contributed by atoms with Gasteiger partial charge in [0, 0.05) is 43.3 Å². The Morgan fingerprint density at radius 1 is 1.11 bits per heavy atom. The van der Waals surface area contributed by atoms with Gasteiger partial charge in [0.15, 0.2) is 0 Å². The lowest BCUT2D eigenvalue weighted by atomic mass is 9.96. The molecule has 0 saturated carbocycles. The molecule has 2 aliphatic rings. The number of carbonyl (C=O) groups excluding carboxylic acids is 1. The van der Waals surface area contributed by atoms with Crippen molar-refractivity contribution in [3.05, 3.63) is 29.3 Å². The Morgan fingerprint density at radius 2 is 1.71 bits per heavy atom. The fourth-order valence-corrected chi connectivity index (χ4v) is 6.06. The van der Waals surface area contributed by atoms with E-state index in [1.165, 1.54) is 16.8 Å². The summed E-state index contributed by atoms with van der Waals surface area (Å²) in [6, 6.07) is 6.65. The maximum atomic E-state index is 13.1. The summed E-state index contributed by atoms with van der Waals surface area (Å²) < 4.78 is 27.2. The van der Waals surface area contributed by atoms with E-state index >= 15 is 0 Å². The monoisotopic (exact) mass is 427 g/mol. The number of rotatable bonds is 4. The molecule has 8 heteroatoms. The molecule has 156 valence electrons. The minimum Gasteiger partial charge on any atom is -0.336 e. The quantitative estimate of drug-likeness (QED) is 0.741. The predicted octanol–water partition coefficient (Wildman–Crippen LogP) is 2.82. The molecule has 1 aromatic rings. The molecular weight excluding hydrogens is 398 g/mol. The normalized spacial score (nSPS) is 26.2. The van der Waals surface area contributed by atoms with Crippen LogP contribution in [0, 0.1) is 0 Å². The summed E-state index contributed by atoms with van der Waals surface area (Å²) in [4.78, 5) is 17.4. The summed E-state index contributed by atoms with van der Waals surface area (Å²) in [5.74, 6) is 0.158. The van der Waals surface area contributed by atoms with E-state index in [0.717, 1.165) is 12.8 Å². The van der Waals surface area contributed by atoms with Crippen LogP contribution in [0.4, 0.5) is 0 Å². The molecule has 2 saturated heterocycles. The zero-order valence-corrected chi connectivity index (χ0v) is 18.4. The third-order valence-electron chi connectivity index (χ3n) is 6.06. The van der Waals surface area contributed by atoms with Gasteiger partial charge >= 0.3 is 0 Å². The van der Waals surface area contributed by atoms with Crippen molar-refractivity contribution in [2.24, 2.45) is 0 Å². The highest BCUT2D eigenvalue weighted by Gasteiger charge is 2.36. The molecule has 1 amide bonds. The van der Waals surface area contributed by atoms with Crippen molar-refractivity contribution < 1.29 is 13.2 Å². The Bertz CT molecular complexity index is 799. The molecule has 28 heavy (non-hydrogen) atoms. The number of hydrogen-bond acceptors (Lipinski definition) is 4. The second kappa shape index (κ2) is 8.69. The molecule has 2 fully saturated rings. The van der Waals surface area contributed by atoms with E-state index in [2.05, 4.69) is 18.7 Å². The number of likely N-dealkylation sites (tertiary alicyclic amines) is 1. The summed E-state index contributed by atoms with van der Waals surface area (Å²) in [5.41, 5.74) is 0. The SMILES string of the molecule is C[C@H](C(=O)N1[C@H](C)CCC[C@H]1C)N1CCN(S(=O)(=O)c2cccc(Cl)c2)CC1. The second-order valence-corrected chi connectivity index (χ2v) is 10.3. The Hall–Kier alpha value is -1.15. The molecule has 2 heterocycles. The van der Waals surface area contributed by atoms with Gasteiger partial charge in [0.25, 0.3) is 0 Å². The molecule has 0 aliphatic carbocycles. The third-order valence-corrected chi connectivity index (χ3v) is 8.19. The molecule has 3 atom stereocenters. The number of nitrogens with zero attached hydrogens (tertiary/aromatic N) is 3. The van der Waals surface area contributed by atoms with Crippen molar-refractivity contribution >= 4 is 27.5 Å². The van der Waals surface area contributed by atoms with Gasteiger partial charge in [0.1, 0.15) is 0 Å². The van der Waals surface area contributed by atoms with Gasteiger partial charge in [-0.15, -0.1) is 0 Å². The molecule has 0 radical (unpaired) electrons. The van der Waals surface area contributed by atoms with Gasteiger partial charge in [0.05, 0.1) is 10.9 Å². The standard InChI is InChI=1S/C20H30ClN3O3S/c1-15-6-4-7-16(2)24(15)20(25)17(3)22-10-12-23(13-11-22)28(26,27)19-9-5-8-18(21)14-19/h5,8-9,14-17H,4,6-7,10-13H2,1-3H3/t15-,16-,17-/m1/s1. The minimum atomic E-state index is -3.57. The molecule has 0 N–H and O–H groups in total. The van der Waals surface area contributed by atoms with E-state index in [0.29, 0.717) is 31.2 Å². The summed E-state index contributed by atoms with van der Waals surface area (Å²) in [6.07, 6.45) is 3.27. The van der Waals surface area contributed by atoms with Crippen LogP contribution < -0.4 is 0 Å². The highest BCUT2D eigenvalue weighted by molar-refractivity contribution is 7.89. The van der Waals surface area contributed by atoms with E-state index < -0.39 is 10.0 Å². The molecule has 6 nitrogen and oxygen atoms in total. The number of carbonyl (C=O) groups is 1. The Kier molecular flexibility index (Phi) is 6.69. The fourth-order valence-electron chi connectivity index (χ4n) is 4.34. The first kappa shape index (κ1) is 21.6. The Labute approximate surface area is 173 Å². The predicted molar refractivity (Wildman–Crippen MR) is 111 cm³/mol. The lowest BCUT2D eigenvalue weighted by Gasteiger charge is -2.43. The van der Waals surface area contributed by atoms with Crippen LogP contribution in [0.1, 0.15) is 40.0 Å². The minimum absolute atomic E-state index is 0.158. The van der Waals surface area contributed by atoms with Gasteiger partial charge in [0.2, 0.25) is 15.9 Å². The van der Waals surface area contributed by atoms with Gasteiger partial charge in [-0.3, -0.25) is 9.69 Å².